The van der Waals surface area contributed by atoms with E-state index in [0.29, 0.717) is 6.42 Å². The van der Waals surface area contributed by atoms with Gasteiger partial charge in [-0.15, -0.1) is 0 Å². The van der Waals surface area contributed by atoms with Crippen molar-refractivity contribution in [1.82, 2.24) is 0 Å². The quantitative estimate of drug-likeness (QED) is 0.584. The van der Waals surface area contributed by atoms with Gasteiger partial charge in [0.25, 0.3) is 0 Å². The first kappa shape index (κ1) is 11.8. The third-order valence-electron chi connectivity index (χ3n) is 2.64. The zero-order valence-corrected chi connectivity index (χ0v) is 9.16. The first-order valence-corrected chi connectivity index (χ1v) is 5.50. The van der Waals surface area contributed by atoms with Crippen LogP contribution in [0.5, 0.6) is 0 Å². The molecule has 1 atom stereocenters. The lowest BCUT2D eigenvalue weighted by Gasteiger charge is -2.17. The minimum atomic E-state index is -0.947. The number of hydrogen-bond acceptors (Lipinski definition) is 2. The van der Waals surface area contributed by atoms with E-state index in [1.807, 2.05) is 6.08 Å². The van der Waals surface area contributed by atoms with Crippen molar-refractivity contribution in [2.24, 2.45) is 0 Å². The van der Waals surface area contributed by atoms with Crippen LogP contribution < -0.4 is 0 Å². The molecule has 0 aliphatic heterocycles. The standard InChI is InChI=1S/C13H12F2O2/c14-10-7-4-8-11(15)12(10)13(16)17-9-5-2-1-3-6-9/h2,4-5,7-9H,1,3,6H2/t9-/m1/s1. The maximum absolute atomic E-state index is 13.3. The Balaban J connectivity index is 2.14. The van der Waals surface area contributed by atoms with Crippen LogP contribution in [0.15, 0.2) is 30.4 Å². The lowest BCUT2D eigenvalue weighted by atomic mass is 10.1. The van der Waals surface area contributed by atoms with Gasteiger partial charge in [-0.25, -0.2) is 13.6 Å². The van der Waals surface area contributed by atoms with E-state index in [4.69, 9.17) is 4.74 Å². The number of carbonyl (C=O) groups is 1. The number of benzene rings is 1. The molecule has 1 aliphatic carbocycles. The second-order valence-electron chi connectivity index (χ2n) is 3.90. The van der Waals surface area contributed by atoms with Crippen molar-refractivity contribution in [3.63, 3.8) is 0 Å². The maximum Gasteiger partial charge on any atom is 0.344 e. The van der Waals surface area contributed by atoms with Gasteiger partial charge in [-0.05, 0) is 37.5 Å². The van der Waals surface area contributed by atoms with Crippen molar-refractivity contribution in [2.45, 2.75) is 25.4 Å². The van der Waals surface area contributed by atoms with Crippen LogP contribution in [0.25, 0.3) is 0 Å². The predicted octanol–water partition coefficient (Wildman–Crippen LogP) is 3.23. The van der Waals surface area contributed by atoms with Gasteiger partial charge in [0.2, 0.25) is 0 Å². The SMILES string of the molecule is O=C(O[C@@H]1C=CCCC1)c1c(F)cccc1F. The summed E-state index contributed by atoms with van der Waals surface area (Å²) in [6.45, 7) is 0. The minimum absolute atomic E-state index is 0.379. The van der Waals surface area contributed by atoms with E-state index in [1.54, 1.807) is 6.08 Å². The van der Waals surface area contributed by atoms with Crippen molar-refractivity contribution >= 4 is 5.97 Å². The molecule has 0 aromatic heterocycles. The highest BCUT2D eigenvalue weighted by Gasteiger charge is 2.21. The zero-order valence-electron chi connectivity index (χ0n) is 9.16. The predicted molar refractivity (Wildman–Crippen MR) is 58.6 cm³/mol. The highest BCUT2D eigenvalue weighted by molar-refractivity contribution is 5.90. The Morgan fingerprint density at radius 3 is 2.59 bits per heavy atom. The second-order valence-corrected chi connectivity index (χ2v) is 3.90. The molecule has 2 nitrogen and oxygen atoms in total. The van der Waals surface area contributed by atoms with Gasteiger partial charge in [-0.2, -0.15) is 0 Å². The lowest BCUT2D eigenvalue weighted by molar-refractivity contribution is 0.0359. The fourth-order valence-electron chi connectivity index (χ4n) is 1.77. The Morgan fingerprint density at radius 2 is 2.00 bits per heavy atom. The topological polar surface area (TPSA) is 26.3 Å². The third kappa shape index (κ3) is 2.70. The van der Waals surface area contributed by atoms with Crippen LogP contribution in [0.4, 0.5) is 8.78 Å². The van der Waals surface area contributed by atoms with Gasteiger partial charge >= 0.3 is 5.97 Å². The summed E-state index contributed by atoms with van der Waals surface area (Å²) < 4.78 is 31.6. The van der Waals surface area contributed by atoms with Gasteiger partial charge in [-0.3, -0.25) is 0 Å². The molecule has 0 amide bonds. The van der Waals surface area contributed by atoms with Gasteiger partial charge in [0.15, 0.2) is 0 Å². The van der Waals surface area contributed by atoms with Gasteiger partial charge in [-0.1, -0.05) is 12.1 Å². The highest BCUT2D eigenvalue weighted by atomic mass is 19.1. The first-order valence-electron chi connectivity index (χ1n) is 5.50. The molecule has 0 saturated heterocycles. The Bertz CT molecular complexity index is 434. The molecule has 1 aliphatic rings. The molecule has 0 saturated carbocycles. The number of hydrogen-bond donors (Lipinski definition) is 0. The van der Waals surface area contributed by atoms with Crippen LogP contribution in [0.1, 0.15) is 29.6 Å². The molecule has 0 bridgehead atoms. The van der Waals surface area contributed by atoms with Crippen molar-refractivity contribution < 1.29 is 18.3 Å². The van der Waals surface area contributed by atoms with Crippen LogP contribution in [0.2, 0.25) is 0 Å². The monoisotopic (exact) mass is 238 g/mol. The molecular formula is C13H12F2O2. The van der Waals surface area contributed by atoms with E-state index in [1.165, 1.54) is 6.07 Å². The van der Waals surface area contributed by atoms with Crippen molar-refractivity contribution in [3.05, 3.63) is 47.5 Å². The van der Waals surface area contributed by atoms with E-state index in [0.717, 1.165) is 25.0 Å². The van der Waals surface area contributed by atoms with Gasteiger partial charge in [0.05, 0.1) is 0 Å². The van der Waals surface area contributed by atoms with Crippen LogP contribution in [0.3, 0.4) is 0 Å². The van der Waals surface area contributed by atoms with E-state index in [9.17, 15) is 13.6 Å². The fraction of sp³-hybridized carbons (Fsp3) is 0.308. The summed E-state index contributed by atoms with van der Waals surface area (Å²) in [4.78, 5) is 11.6. The molecule has 17 heavy (non-hydrogen) atoms. The summed E-state index contributed by atoms with van der Waals surface area (Å²) in [5.41, 5.74) is -0.619. The molecule has 0 heterocycles. The van der Waals surface area contributed by atoms with Crippen LogP contribution in [-0.2, 0) is 4.74 Å². The van der Waals surface area contributed by atoms with Gasteiger partial charge in [0, 0.05) is 0 Å². The Hall–Kier alpha value is -1.71. The minimum Gasteiger partial charge on any atom is -0.454 e. The molecule has 0 fully saturated rings. The summed E-state index contributed by atoms with van der Waals surface area (Å²) >= 11 is 0. The highest BCUT2D eigenvalue weighted by Crippen LogP contribution is 2.18. The Labute approximate surface area is 97.9 Å². The number of allylic oxidation sites excluding steroid dienone is 1. The number of rotatable bonds is 2. The summed E-state index contributed by atoms with van der Waals surface area (Å²) in [6, 6.07) is 3.29. The van der Waals surface area contributed by atoms with Crippen molar-refractivity contribution in [2.75, 3.05) is 0 Å². The number of carbonyl (C=O) groups excluding carboxylic acids is 1. The summed E-state index contributed by atoms with van der Waals surface area (Å²) in [5, 5.41) is 0. The van der Waals surface area contributed by atoms with Crippen LogP contribution >= 0.6 is 0 Å². The normalized spacial score (nSPS) is 19.1. The van der Waals surface area contributed by atoms with Gasteiger partial charge in [0.1, 0.15) is 23.3 Å². The molecule has 0 spiro atoms. The molecule has 1 aromatic rings. The molecule has 0 radical (unpaired) electrons. The maximum atomic E-state index is 13.3. The molecule has 0 unspecified atom stereocenters. The lowest BCUT2D eigenvalue weighted by Crippen LogP contribution is -2.19. The first-order chi connectivity index (χ1) is 8.18. The number of esters is 1. The average molecular weight is 238 g/mol. The molecule has 4 heteroatoms. The molecular weight excluding hydrogens is 226 g/mol. The summed E-state index contributed by atoms with van der Waals surface area (Å²) in [6.07, 6.45) is 5.82. The molecule has 0 N–H and O–H groups in total. The van der Waals surface area contributed by atoms with Crippen LogP contribution in [0, 0.1) is 11.6 Å². The Morgan fingerprint density at radius 1 is 1.29 bits per heavy atom. The van der Waals surface area contributed by atoms with E-state index < -0.39 is 23.2 Å². The summed E-state index contributed by atoms with van der Waals surface area (Å²) in [5.74, 6) is -2.73. The van der Waals surface area contributed by atoms with E-state index in [2.05, 4.69) is 0 Å². The molecule has 1 aromatic carbocycles. The zero-order chi connectivity index (χ0) is 12.3. The fourth-order valence-corrected chi connectivity index (χ4v) is 1.77. The summed E-state index contributed by atoms with van der Waals surface area (Å²) in [7, 11) is 0. The van der Waals surface area contributed by atoms with Crippen molar-refractivity contribution in [1.29, 1.82) is 0 Å². The largest absolute Gasteiger partial charge is 0.454 e. The van der Waals surface area contributed by atoms with Gasteiger partial charge < -0.3 is 4.74 Å². The molecule has 90 valence electrons. The smallest absolute Gasteiger partial charge is 0.344 e. The number of ether oxygens (including phenoxy) is 1. The van der Waals surface area contributed by atoms with Crippen LogP contribution in [-0.4, -0.2) is 12.1 Å². The molecule has 2 rings (SSSR count). The van der Waals surface area contributed by atoms with Crippen molar-refractivity contribution in [3.8, 4) is 0 Å². The second kappa shape index (κ2) is 5.08. The van der Waals surface area contributed by atoms with E-state index in [-0.39, 0.29) is 6.10 Å². The number of halogens is 2. The third-order valence-corrected chi connectivity index (χ3v) is 2.64. The van der Waals surface area contributed by atoms with E-state index >= 15 is 0 Å². The Kier molecular flexibility index (Phi) is 3.52. The average Bonchev–Trinajstić information content (AvgIpc) is 2.30.